The first-order chi connectivity index (χ1) is 12.0. The molecule has 0 fully saturated rings. The maximum Gasteiger partial charge on any atom is 0.341 e. The smallest absolute Gasteiger partial charge is 0.341 e. The molecule has 0 aliphatic heterocycles. The Morgan fingerprint density at radius 3 is 2.64 bits per heavy atom. The van der Waals surface area contributed by atoms with Crippen molar-refractivity contribution in [3.8, 4) is 0 Å². The van der Waals surface area contributed by atoms with Crippen LogP contribution < -0.4 is 5.32 Å². The predicted octanol–water partition coefficient (Wildman–Crippen LogP) is 2.52. The molecule has 7 heteroatoms. The first kappa shape index (κ1) is 16.5. The number of hydrogen-bond acceptors (Lipinski definition) is 6. The third kappa shape index (κ3) is 3.77. The first-order valence-corrected chi connectivity index (χ1v) is 7.69. The quantitative estimate of drug-likeness (QED) is 0.736. The van der Waals surface area contributed by atoms with Gasteiger partial charge < -0.3 is 10.1 Å². The molecule has 25 heavy (non-hydrogen) atoms. The van der Waals surface area contributed by atoms with Crippen LogP contribution in [0.2, 0.25) is 0 Å². The van der Waals surface area contributed by atoms with Gasteiger partial charge in [-0.15, -0.1) is 0 Å². The second-order valence-electron chi connectivity index (χ2n) is 5.49. The lowest BCUT2D eigenvalue weighted by molar-refractivity contribution is -0.123. The van der Waals surface area contributed by atoms with E-state index >= 15 is 0 Å². The van der Waals surface area contributed by atoms with Gasteiger partial charge in [0.2, 0.25) is 0 Å². The first-order valence-electron chi connectivity index (χ1n) is 7.69. The van der Waals surface area contributed by atoms with Crippen LogP contribution in [-0.2, 0) is 9.53 Å². The van der Waals surface area contributed by atoms with E-state index in [9.17, 15) is 9.59 Å². The summed E-state index contributed by atoms with van der Waals surface area (Å²) in [4.78, 5) is 36.9. The van der Waals surface area contributed by atoms with E-state index in [1.165, 1.54) is 13.1 Å². The number of pyridine rings is 1. The maximum absolute atomic E-state index is 12.4. The lowest BCUT2D eigenvalue weighted by Crippen LogP contribution is -2.30. The molecule has 0 saturated carbocycles. The zero-order valence-corrected chi connectivity index (χ0v) is 13.8. The average molecular weight is 336 g/mol. The van der Waals surface area contributed by atoms with Crippen LogP contribution in [-0.4, -0.2) is 32.9 Å². The summed E-state index contributed by atoms with van der Waals surface area (Å²) in [6, 6.07) is 8.54. The van der Waals surface area contributed by atoms with Gasteiger partial charge in [-0.3, -0.25) is 14.8 Å². The monoisotopic (exact) mass is 336 g/mol. The van der Waals surface area contributed by atoms with Crippen molar-refractivity contribution >= 4 is 28.7 Å². The number of esters is 1. The normalized spacial score (nSPS) is 11.8. The largest absolute Gasteiger partial charge is 0.449 e. The van der Waals surface area contributed by atoms with Crippen molar-refractivity contribution in [2.45, 2.75) is 20.0 Å². The van der Waals surface area contributed by atoms with Gasteiger partial charge in [0.1, 0.15) is 11.3 Å². The van der Waals surface area contributed by atoms with Crippen molar-refractivity contribution < 1.29 is 14.3 Å². The van der Waals surface area contributed by atoms with Gasteiger partial charge in [-0.25, -0.2) is 9.78 Å². The number of hydrogen-bond donors (Lipinski definition) is 1. The van der Waals surface area contributed by atoms with Gasteiger partial charge in [0, 0.05) is 18.6 Å². The molecule has 0 saturated heterocycles. The summed E-state index contributed by atoms with van der Waals surface area (Å²) in [5.41, 5.74) is 2.26. The molecule has 0 bridgehead atoms. The minimum absolute atomic E-state index is 0.263. The summed E-state index contributed by atoms with van der Waals surface area (Å²) in [7, 11) is 0. The fourth-order valence-corrected chi connectivity index (χ4v) is 2.20. The van der Waals surface area contributed by atoms with E-state index in [0.29, 0.717) is 16.9 Å². The number of benzene rings is 1. The van der Waals surface area contributed by atoms with Crippen LogP contribution >= 0.6 is 0 Å². The molecular weight excluding hydrogens is 320 g/mol. The van der Waals surface area contributed by atoms with E-state index in [-0.39, 0.29) is 5.56 Å². The number of nitrogens with one attached hydrogen (secondary N) is 1. The Balaban J connectivity index is 1.71. The number of aryl methyl sites for hydroxylation is 1. The number of anilines is 1. The Hall–Kier alpha value is -3.35. The zero-order chi connectivity index (χ0) is 17.8. The number of nitrogens with zero attached hydrogens (tertiary/aromatic N) is 3. The van der Waals surface area contributed by atoms with Gasteiger partial charge in [0.05, 0.1) is 11.1 Å². The Morgan fingerprint density at radius 1 is 1.08 bits per heavy atom. The predicted molar refractivity (Wildman–Crippen MR) is 92.0 cm³/mol. The number of carbonyl (C=O) groups excluding carboxylic acids is 2. The van der Waals surface area contributed by atoms with Crippen molar-refractivity contribution in [3.05, 3.63) is 60.0 Å². The van der Waals surface area contributed by atoms with Gasteiger partial charge >= 0.3 is 5.97 Å². The topological polar surface area (TPSA) is 94.1 Å². The van der Waals surface area contributed by atoms with Crippen LogP contribution in [0.5, 0.6) is 0 Å². The van der Waals surface area contributed by atoms with Crippen molar-refractivity contribution in [2.24, 2.45) is 0 Å². The van der Waals surface area contributed by atoms with Gasteiger partial charge in [0.25, 0.3) is 5.91 Å². The third-order valence-corrected chi connectivity index (χ3v) is 3.53. The summed E-state index contributed by atoms with van der Waals surface area (Å²) in [6.45, 7) is 3.40. The molecule has 0 aliphatic carbocycles. The molecule has 1 N–H and O–H groups in total. The Bertz CT molecular complexity index is 920. The highest BCUT2D eigenvalue weighted by molar-refractivity contribution is 6.03. The highest BCUT2D eigenvalue weighted by Crippen LogP contribution is 2.16. The summed E-state index contributed by atoms with van der Waals surface area (Å²) >= 11 is 0. The molecule has 1 atom stereocenters. The molecule has 7 nitrogen and oxygen atoms in total. The molecule has 0 aliphatic rings. The number of ether oxygens (including phenoxy) is 1. The molecule has 0 spiro atoms. The molecule has 2 aromatic heterocycles. The Kier molecular flexibility index (Phi) is 4.65. The minimum Gasteiger partial charge on any atom is -0.449 e. The van der Waals surface area contributed by atoms with Gasteiger partial charge in [-0.05, 0) is 37.6 Å². The highest BCUT2D eigenvalue weighted by Gasteiger charge is 2.21. The number of amides is 1. The molecule has 0 radical (unpaired) electrons. The molecule has 3 aromatic rings. The molecule has 1 amide bonds. The number of fused-ring (bicyclic) bond motifs is 1. The maximum atomic E-state index is 12.4. The average Bonchev–Trinajstić information content (AvgIpc) is 2.63. The summed E-state index contributed by atoms with van der Waals surface area (Å²) < 4.78 is 5.26. The fourth-order valence-electron chi connectivity index (χ4n) is 2.20. The van der Waals surface area contributed by atoms with E-state index in [1.54, 1.807) is 36.7 Å². The number of aromatic nitrogens is 3. The van der Waals surface area contributed by atoms with Crippen molar-refractivity contribution in [3.63, 3.8) is 0 Å². The molecule has 126 valence electrons. The number of rotatable bonds is 4. The molecule has 3 rings (SSSR count). The van der Waals surface area contributed by atoms with Crippen LogP contribution in [0.3, 0.4) is 0 Å². The van der Waals surface area contributed by atoms with E-state index in [4.69, 9.17) is 4.74 Å². The van der Waals surface area contributed by atoms with Gasteiger partial charge in [0.15, 0.2) is 6.10 Å². The second-order valence-corrected chi connectivity index (χ2v) is 5.49. The Morgan fingerprint density at radius 2 is 1.88 bits per heavy atom. The SMILES string of the molecule is Cc1ccc(NC(=O)C(C)OC(=O)c2cccc3nccnc23)nc1. The molecule has 2 heterocycles. The van der Waals surface area contributed by atoms with Crippen molar-refractivity contribution in [1.29, 1.82) is 0 Å². The van der Waals surface area contributed by atoms with Crippen LogP contribution in [0.25, 0.3) is 11.0 Å². The lowest BCUT2D eigenvalue weighted by Gasteiger charge is -2.13. The van der Waals surface area contributed by atoms with Gasteiger partial charge in [-0.2, -0.15) is 0 Å². The van der Waals surface area contributed by atoms with E-state index < -0.39 is 18.0 Å². The zero-order valence-electron chi connectivity index (χ0n) is 13.8. The highest BCUT2D eigenvalue weighted by atomic mass is 16.5. The number of carbonyl (C=O) groups is 2. The van der Waals surface area contributed by atoms with E-state index in [0.717, 1.165) is 5.56 Å². The summed E-state index contributed by atoms with van der Waals surface area (Å²) in [5.74, 6) is -0.698. The van der Waals surface area contributed by atoms with Gasteiger partial charge in [-0.1, -0.05) is 12.1 Å². The summed E-state index contributed by atoms with van der Waals surface area (Å²) in [6.07, 6.45) is 3.70. The fraction of sp³-hybridized carbons (Fsp3) is 0.167. The minimum atomic E-state index is -0.984. The molecule has 1 unspecified atom stereocenters. The standard InChI is InChI=1S/C18H16N4O3/c1-11-6-7-15(21-10-11)22-17(23)12(2)25-18(24)13-4-3-5-14-16(13)20-9-8-19-14/h3-10,12H,1-2H3,(H,21,22,23). The van der Waals surface area contributed by atoms with E-state index in [2.05, 4.69) is 20.3 Å². The van der Waals surface area contributed by atoms with Crippen LogP contribution in [0, 0.1) is 6.92 Å². The summed E-state index contributed by atoms with van der Waals surface area (Å²) in [5, 5.41) is 2.61. The van der Waals surface area contributed by atoms with Crippen molar-refractivity contribution in [1.82, 2.24) is 15.0 Å². The van der Waals surface area contributed by atoms with Crippen LogP contribution in [0.15, 0.2) is 48.9 Å². The third-order valence-electron chi connectivity index (χ3n) is 3.53. The van der Waals surface area contributed by atoms with E-state index in [1.807, 2.05) is 13.0 Å². The van der Waals surface area contributed by atoms with Crippen LogP contribution in [0.1, 0.15) is 22.8 Å². The lowest BCUT2D eigenvalue weighted by atomic mass is 10.2. The Labute approximate surface area is 144 Å². The molecule has 1 aromatic carbocycles. The van der Waals surface area contributed by atoms with Crippen LogP contribution in [0.4, 0.5) is 5.82 Å². The van der Waals surface area contributed by atoms with Crippen molar-refractivity contribution in [2.75, 3.05) is 5.32 Å². The molecular formula is C18H16N4O3. The number of para-hydroxylation sites is 1. The second kappa shape index (κ2) is 7.04.